The summed E-state index contributed by atoms with van der Waals surface area (Å²) in [5, 5.41) is 10.1. The fourth-order valence-corrected chi connectivity index (χ4v) is 4.39. The SMILES string of the molecule is CO[C@H]1O[C@H](c2ccc3c(c2)C(=O)c2cccc(O)c2C3=O)[C@@H]2OC(C)(C)O[C@H]12. The van der Waals surface area contributed by atoms with E-state index < -0.39 is 30.4 Å². The number of rotatable bonds is 2. The Hall–Kier alpha value is -2.58. The lowest BCUT2D eigenvalue weighted by atomic mass is 9.82. The minimum absolute atomic E-state index is 0.0450. The van der Waals surface area contributed by atoms with Crippen LogP contribution in [0.3, 0.4) is 0 Å². The second kappa shape index (κ2) is 6.21. The van der Waals surface area contributed by atoms with Gasteiger partial charge in [0.05, 0.1) is 5.56 Å². The van der Waals surface area contributed by atoms with Crippen molar-refractivity contribution < 1.29 is 33.6 Å². The molecule has 2 fully saturated rings. The second-order valence-corrected chi connectivity index (χ2v) is 7.89. The molecule has 0 radical (unpaired) electrons. The highest BCUT2D eigenvalue weighted by molar-refractivity contribution is 6.29. The van der Waals surface area contributed by atoms with Crippen LogP contribution in [0.15, 0.2) is 36.4 Å². The summed E-state index contributed by atoms with van der Waals surface area (Å²) in [6, 6.07) is 9.50. The molecular weight excluding hydrogens is 376 g/mol. The topological polar surface area (TPSA) is 91.3 Å². The predicted octanol–water partition coefficient (Wildman–Crippen LogP) is 2.73. The van der Waals surface area contributed by atoms with Crippen molar-refractivity contribution in [1.82, 2.24) is 0 Å². The molecule has 1 aliphatic carbocycles. The van der Waals surface area contributed by atoms with Gasteiger partial charge in [-0.2, -0.15) is 0 Å². The summed E-state index contributed by atoms with van der Waals surface area (Å²) < 4.78 is 23.3. The van der Waals surface area contributed by atoms with Crippen LogP contribution in [0.25, 0.3) is 0 Å². The van der Waals surface area contributed by atoms with Crippen LogP contribution in [0.2, 0.25) is 0 Å². The molecule has 5 rings (SSSR count). The van der Waals surface area contributed by atoms with Crippen molar-refractivity contribution in [3.8, 4) is 5.75 Å². The largest absolute Gasteiger partial charge is 0.507 e. The summed E-state index contributed by atoms with van der Waals surface area (Å²) in [5.41, 5.74) is 1.48. The van der Waals surface area contributed by atoms with Gasteiger partial charge in [-0.3, -0.25) is 9.59 Å². The lowest BCUT2D eigenvalue weighted by molar-refractivity contribution is -0.228. The summed E-state index contributed by atoms with van der Waals surface area (Å²) in [7, 11) is 1.54. The molecule has 1 N–H and O–H groups in total. The molecule has 0 saturated carbocycles. The van der Waals surface area contributed by atoms with Gasteiger partial charge >= 0.3 is 0 Å². The van der Waals surface area contributed by atoms with Gasteiger partial charge < -0.3 is 24.1 Å². The van der Waals surface area contributed by atoms with Gasteiger partial charge in [-0.25, -0.2) is 0 Å². The molecule has 0 bridgehead atoms. The van der Waals surface area contributed by atoms with Crippen molar-refractivity contribution >= 4 is 11.6 Å². The van der Waals surface area contributed by atoms with Gasteiger partial charge in [0.2, 0.25) is 0 Å². The summed E-state index contributed by atoms with van der Waals surface area (Å²) in [5.74, 6) is -1.65. The summed E-state index contributed by atoms with van der Waals surface area (Å²) in [6.07, 6.45) is -1.91. The number of benzene rings is 2. The molecule has 2 aliphatic heterocycles. The number of ether oxygens (including phenoxy) is 4. The van der Waals surface area contributed by atoms with Gasteiger partial charge in [-0.05, 0) is 37.6 Å². The first kappa shape index (κ1) is 18.4. The number of carbonyl (C=O) groups excluding carboxylic acids is 2. The maximum absolute atomic E-state index is 13.0. The molecule has 2 saturated heterocycles. The minimum Gasteiger partial charge on any atom is -0.507 e. The smallest absolute Gasteiger partial charge is 0.198 e. The monoisotopic (exact) mass is 396 g/mol. The lowest BCUT2D eigenvalue weighted by Gasteiger charge is -2.25. The fraction of sp³-hybridized carbons (Fsp3) is 0.364. The number of ketones is 2. The number of aromatic hydroxyl groups is 1. The molecule has 2 heterocycles. The van der Waals surface area contributed by atoms with E-state index in [4.69, 9.17) is 18.9 Å². The molecule has 2 aromatic rings. The van der Waals surface area contributed by atoms with Crippen LogP contribution >= 0.6 is 0 Å². The lowest BCUT2D eigenvalue weighted by Crippen LogP contribution is -2.30. The van der Waals surface area contributed by atoms with E-state index in [2.05, 4.69) is 0 Å². The third kappa shape index (κ3) is 2.66. The number of hydrogen-bond donors (Lipinski definition) is 1. The first-order valence-corrected chi connectivity index (χ1v) is 9.40. The molecule has 0 aromatic heterocycles. The van der Waals surface area contributed by atoms with E-state index in [0.29, 0.717) is 5.56 Å². The quantitative estimate of drug-likeness (QED) is 0.712. The van der Waals surface area contributed by atoms with Gasteiger partial charge in [0.15, 0.2) is 23.6 Å². The Morgan fingerprint density at radius 1 is 0.966 bits per heavy atom. The van der Waals surface area contributed by atoms with Crippen LogP contribution in [0.5, 0.6) is 5.75 Å². The Labute approximate surface area is 167 Å². The Kier molecular flexibility index (Phi) is 3.95. The number of methoxy groups -OCH3 is 1. The highest BCUT2D eigenvalue weighted by Crippen LogP contribution is 2.46. The first-order valence-electron chi connectivity index (χ1n) is 9.40. The highest BCUT2D eigenvalue weighted by Gasteiger charge is 2.56. The van der Waals surface area contributed by atoms with E-state index in [9.17, 15) is 14.7 Å². The van der Waals surface area contributed by atoms with Gasteiger partial charge in [0.25, 0.3) is 0 Å². The molecular formula is C22H20O7. The second-order valence-electron chi connectivity index (χ2n) is 7.89. The third-order valence-corrected chi connectivity index (χ3v) is 5.62. The number of hydrogen-bond acceptors (Lipinski definition) is 7. The van der Waals surface area contributed by atoms with Crippen LogP contribution in [0.4, 0.5) is 0 Å². The maximum atomic E-state index is 13.0. The van der Waals surface area contributed by atoms with Crippen molar-refractivity contribution in [2.24, 2.45) is 0 Å². The number of fused-ring (bicyclic) bond motifs is 3. The highest BCUT2D eigenvalue weighted by atomic mass is 16.8. The van der Waals surface area contributed by atoms with E-state index in [1.807, 2.05) is 13.8 Å². The number of phenols is 1. The first-order chi connectivity index (χ1) is 13.8. The number of carbonyl (C=O) groups is 2. The zero-order valence-corrected chi connectivity index (χ0v) is 16.2. The Morgan fingerprint density at radius 3 is 2.48 bits per heavy atom. The van der Waals surface area contributed by atoms with Gasteiger partial charge in [-0.1, -0.05) is 18.2 Å². The molecule has 7 heteroatoms. The molecule has 0 amide bonds. The summed E-state index contributed by atoms with van der Waals surface area (Å²) in [6.45, 7) is 3.65. The van der Waals surface area contributed by atoms with Crippen LogP contribution < -0.4 is 0 Å². The van der Waals surface area contributed by atoms with Crippen LogP contribution in [-0.4, -0.2) is 48.1 Å². The Bertz CT molecular complexity index is 1040. The van der Waals surface area contributed by atoms with E-state index in [1.54, 1.807) is 30.3 Å². The summed E-state index contributed by atoms with van der Waals surface area (Å²) in [4.78, 5) is 25.9. The summed E-state index contributed by atoms with van der Waals surface area (Å²) >= 11 is 0. The van der Waals surface area contributed by atoms with Gasteiger partial charge in [0.1, 0.15) is 24.1 Å². The van der Waals surface area contributed by atoms with Gasteiger partial charge in [0, 0.05) is 23.8 Å². The zero-order chi connectivity index (χ0) is 20.5. The minimum atomic E-state index is -0.773. The van der Waals surface area contributed by atoms with Crippen molar-refractivity contribution in [2.75, 3.05) is 7.11 Å². The van der Waals surface area contributed by atoms with E-state index in [1.165, 1.54) is 13.2 Å². The molecule has 3 aliphatic rings. The zero-order valence-electron chi connectivity index (χ0n) is 16.2. The van der Waals surface area contributed by atoms with Crippen molar-refractivity contribution in [3.05, 3.63) is 64.2 Å². The van der Waals surface area contributed by atoms with E-state index in [0.717, 1.165) is 0 Å². The van der Waals surface area contributed by atoms with Crippen LogP contribution in [0.1, 0.15) is 57.4 Å². The Morgan fingerprint density at radius 2 is 1.72 bits per heavy atom. The maximum Gasteiger partial charge on any atom is 0.198 e. The van der Waals surface area contributed by atoms with Crippen molar-refractivity contribution in [2.45, 2.75) is 44.2 Å². The van der Waals surface area contributed by atoms with E-state index >= 15 is 0 Å². The van der Waals surface area contributed by atoms with Crippen LogP contribution in [-0.2, 0) is 18.9 Å². The fourth-order valence-electron chi connectivity index (χ4n) is 4.39. The predicted molar refractivity (Wildman–Crippen MR) is 99.9 cm³/mol. The third-order valence-electron chi connectivity index (χ3n) is 5.62. The molecule has 29 heavy (non-hydrogen) atoms. The average Bonchev–Trinajstić information content (AvgIpc) is 3.18. The molecule has 4 atom stereocenters. The average molecular weight is 396 g/mol. The Balaban J connectivity index is 1.56. The van der Waals surface area contributed by atoms with Crippen molar-refractivity contribution in [1.29, 1.82) is 0 Å². The molecule has 2 aromatic carbocycles. The molecule has 150 valence electrons. The van der Waals surface area contributed by atoms with Crippen molar-refractivity contribution in [3.63, 3.8) is 0 Å². The van der Waals surface area contributed by atoms with Crippen LogP contribution in [0, 0.1) is 0 Å². The molecule has 0 unspecified atom stereocenters. The number of phenolic OH excluding ortho intramolecular Hbond substituents is 1. The molecule has 0 spiro atoms. The molecule has 7 nitrogen and oxygen atoms in total. The standard InChI is InChI=1S/C22H20O7/c1-22(2)28-19-18(27-21(26-3)20(19)29-22)10-7-8-11-13(9-10)16(24)12-5-4-6-14(23)15(12)17(11)25/h4-9,18-21,23H,1-3H3/t18-,19+,20+,21+/m1/s1. The van der Waals surface area contributed by atoms with Gasteiger partial charge in [-0.15, -0.1) is 0 Å². The normalized spacial score (nSPS) is 29.5. The van der Waals surface area contributed by atoms with E-state index in [-0.39, 0.29) is 39.6 Å².